The van der Waals surface area contributed by atoms with E-state index in [2.05, 4.69) is 10.2 Å². The van der Waals surface area contributed by atoms with Crippen molar-refractivity contribution in [1.82, 2.24) is 0 Å². The van der Waals surface area contributed by atoms with Crippen molar-refractivity contribution in [2.45, 2.75) is 45.7 Å². The Kier molecular flexibility index (Phi) is 4.17. The van der Waals surface area contributed by atoms with Crippen molar-refractivity contribution in [3.05, 3.63) is 0 Å². The molecule has 6 heteroatoms. The predicted molar refractivity (Wildman–Crippen MR) is 57.4 cm³/mol. The average molecular weight is 230 g/mol. The Hall–Kier alpha value is -1.46. The molecule has 0 amide bonds. The van der Waals surface area contributed by atoms with Crippen LogP contribution in [-0.2, 0) is 9.59 Å². The zero-order chi connectivity index (χ0) is 13.1. The van der Waals surface area contributed by atoms with Crippen molar-refractivity contribution in [1.29, 1.82) is 0 Å². The van der Waals surface area contributed by atoms with Crippen LogP contribution in [0, 0.1) is 5.92 Å². The molecule has 0 aliphatic carbocycles. The average Bonchev–Trinajstić information content (AvgIpc) is 2.13. The molecule has 0 aliphatic heterocycles. The number of hydrogen-bond donors (Lipinski definition) is 2. The van der Waals surface area contributed by atoms with Gasteiger partial charge in [0.05, 0.1) is 0 Å². The van der Waals surface area contributed by atoms with Gasteiger partial charge in [0.25, 0.3) is 0 Å². The molecule has 0 heterocycles. The highest BCUT2D eigenvalue weighted by Crippen LogP contribution is 2.24. The molecule has 0 unspecified atom stereocenters. The molecule has 0 rings (SSSR count). The van der Waals surface area contributed by atoms with E-state index in [-0.39, 0.29) is 5.92 Å². The highest BCUT2D eigenvalue weighted by atomic mass is 16.4. The number of rotatable bonds is 5. The molecule has 0 bridgehead atoms. The normalized spacial score (nSPS) is 16.4. The first kappa shape index (κ1) is 14.5. The number of nitrogens with zero attached hydrogens (tertiary/aromatic N) is 2. The van der Waals surface area contributed by atoms with E-state index < -0.39 is 23.0 Å². The molecule has 0 aliphatic rings. The van der Waals surface area contributed by atoms with Crippen molar-refractivity contribution in [3.63, 3.8) is 0 Å². The second kappa shape index (κ2) is 4.59. The lowest BCUT2D eigenvalue weighted by atomic mass is 9.90. The smallest absolute Gasteiger partial charge is 0.333 e. The summed E-state index contributed by atoms with van der Waals surface area (Å²) in [4.78, 5) is 21.8. The zero-order valence-electron chi connectivity index (χ0n) is 10.2. The van der Waals surface area contributed by atoms with Gasteiger partial charge in [-0.15, -0.1) is 0 Å². The van der Waals surface area contributed by atoms with Crippen LogP contribution in [-0.4, -0.2) is 33.2 Å². The third-order valence-electron chi connectivity index (χ3n) is 2.59. The van der Waals surface area contributed by atoms with E-state index in [1.807, 2.05) is 0 Å². The lowest BCUT2D eigenvalue weighted by Crippen LogP contribution is -2.39. The van der Waals surface area contributed by atoms with Gasteiger partial charge < -0.3 is 10.2 Å². The van der Waals surface area contributed by atoms with Crippen LogP contribution in [0.1, 0.15) is 34.6 Å². The van der Waals surface area contributed by atoms with Gasteiger partial charge >= 0.3 is 11.9 Å². The van der Waals surface area contributed by atoms with Crippen LogP contribution in [0.2, 0.25) is 0 Å². The summed E-state index contributed by atoms with van der Waals surface area (Å²) in [5.41, 5.74) is -2.81. The largest absolute Gasteiger partial charge is 0.479 e. The van der Waals surface area contributed by atoms with Crippen molar-refractivity contribution < 1.29 is 19.8 Å². The van der Waals surface area contributed by atoms with Crippen LogP contribution in [0.15, 0.2) is 10.2 Å². The van der Waals surface area contributed by atoms with Gasteiger partial charge in [-0.25, -0.2) is 9.59 Å². The number of carboxylic acid groups (broad SMARTS) is 2. The Bertz CT molecular complexity index is 323. The van der Waals surface area contributed by atoms with Crippen LogP contribution in [0.25, 0.3) is 0 Å². The molecule has 0 saturated heterocycles. The van der Waals surface area contributed by atoms with E-state index in [0.717, 1.165) is 0 Å². The van der Waals surface area contributed by atoms with E-state index in [4.69, 9.17) is 10.2 Å². The second-order valence-electron chi connectivity index (χ2n) is 4.67. The predicted octanol–water partition coefficient (Wildman–Crippen LogP) is 1.80. The Labute approximate surface area is 94.4 Å². The minimum Gasteiger partial charge on any atom is -0.479 e. The van der Waals surface area contributed by atoms with E-state index in [1.165, 1.54) is 20.8 Å². The Morgan fingerprint density at radius 3 is 1.69 bits per heavy atom. The second-order valence-corrected chi connectivity index (χ2v) is 4.67. The summed E-state index contributed by atoms with van der Waals surface area (Å²) in [6, 6.07) is 0. The number of azo groups is 1. The fourth-order valence-electron chi connectivity index (χ4n) is 0.677. The minimum atomic E-state index is -1.41. The molecular formula is C10H18N2O4. The SMILES string of the molecule is CC(C)[C@](C)(N=NC(C)(C)C(=O)O)C(=O)O. The Balaban J connectivity index is 5.13. The summed E-state index contributed by atoms with van der Waals surface area (Å²) >= 11 is 0. The van der Waals surface area contributed by atoms with Gasteiger partial charge in [-0.3, -0.25) is 0 Å². The highest BCUT2D eigenvalue weighted by molar-refractivity contribution is 5.79. The molecule has 0 aromatic heterocycles. The molecule has 6 nitrogen and oxygen atoms in total. The van der Waals surface area contributed by atoms with Crippen molar-refractivity contribution in [2.75, 3.05) is 0 Å². The van der Waals surface area contributed by atoms with Gasteiger partial charge in [0.15, 0.2) is 11.1 Å². The molecule has 0 saturated carbocycles. The van der Waals surface area contributed by atoms with Gasteiger partial charge in [0.1, 0.15) is 0 Å². The minimum absolute atomic E-state index is 0.279. The molecular weight excluding hydrogens is 212 g/mol. The number of carbonyl (C=O) groups is 2. The molecule has 0 radical (unpaired) electrons. The first-order valence-electron chi connectivity index (χ1n) is 4.95. The van der Waals surface area contributed by atoms with Crippen molar-refractivity contribution in [2.24, 2.45) is 16.1 Å². The van der Waals surface area contributed by atoms with Crippen LogP contribution in [0.5, 0.6) is 0 Å². The Morgan fingerprint density at radius 2 is 1.44 bits per heavy atom. The zero-order valence-corrected chi connectivity index (χ0v) is 10.2. The monoisotopic (exact) mass is 230 g/mol. The van der Waals surface area contributed by atoms with Crippen LogP contribution in [0.4, 0.5) is 0 Å². The quantitative estimate of drug-likeness (QED) is 0.703. The molecule has 0 aromatic rings. The van der Waals surface area contributed by atoms with Crippen LogP contribution < -0.4 is 0 Å². The van der Waals surface area contributed by atoms with E-state index >= 15 is 0 Å². The first-order chi connectivity index (χ1) is 7.04. The Morgan fingerprint density at radius 1 is 1.00 bits per heavy atom. The fourth-order valence-corrected chi connectivity index (χ4v) is 0.677. The van der Waals surface area contributed by atoms with Gasteiger partial charge in [-0.2, -0.15) is 10.2 Å². The summed E-state index contributed by atoms with van der Waals surface area (Å²) in [7, 11) is 0. The summed E-state index contributed by atoms with van der Waals surface area (Å²) in [5.74, 6) is -2.54. The van der Waals surface area contributed by atoms with E-state index in [1.54, 1.807) is 13.8 Å². The van der Waals surface area contributed by atoms with E-state index in [0.29, 0.717) is 0 Å². The van der Waals surface area contributed by atoms with Crippen LogP contribution in [0.3, 0.4) is 0 Å². The lowest BCUT2D eigenvalue weighted by molar-refractivity contribution is -0.146. The third-order valence-corrected chi connectivity index (χ3v) is 2.59. The molecule has 2 N–H and O–H groups in total. The molecule has 92 valence electrons. The lowest BCUT2D eigenvalue weighted by Gasteiger charge is -2.24. The van der Waals surface area contributed by atoms with Gasteiger partial charge in [0, 0.05) is 0 Å². The number of aliphatic carboxylic acids is 2. The summed E-state index contributed by atoms with van der Waals surface area (Å²) in [6.07, 6.45) is 0. The molecule has 1 atom stereocenters. The number of carboxylic acids is 2. The van der Waals surface area contributed by atoms with Gasteiger partial charge in [0.2, 0.25) is 0 Å². The molecule has 0 aromatic carbocycles. The van der Waals surface area contributed by atoms with E-state index in [9.17, 15) is 9.59 Å². The third kappa shape index (κ3) is 3.01. The van der Waals surface area contributed by atoms with Gasteiger partial charge in [-0.1, -0.05) is 13.8 Å². The molecule has 16 heavy (non-hydrogen) atoms. The number of hydrogen-bond acceptors (Lipinski definition) is 4. The standard InChI is InChI=1S/C10H18N2O4/c1-6(2)10(5,8(15)16)12-11-9(3,4)7(13)14/h6H,1-5H3,(H,13,14)(H,15,16)/t10-/m0/s1. The maximum atomic E-state index is 11.0. The van der Waals surface area contributed by atoms with Crippen molar-refractivity contribution in [3.8, 4) is 0 Å². The molecule has 0 fully saturated rings. The van der Waals surface area contributed by atoms with Gasteiger partial charge in [-0.05, 0) is 26.7 Å². The topological polar surface area (TPSA) is 99.3 Å². The summed E-state index contributed by atoms with van der Waals surface area (Å²) < 4.78 is 0. The summed E-state index contributed by atoms with van der Waals surface area (Å²) in [6.45, 7) is 7.53. The van der Waals surface area contributed by atoms with Crippen LogP contribution >= 0.6 is 0 Å². The first-order valence-corrected chi connectivity index (χ1v) is 4.95. The summed E-state index contributed by atoms with van der Waals surface area (Å²) in [5, 5.41) is 25.2. The highest BCUT2D eigenvalue weighted by Gasteiger charge is 2.38. The maximum absolute atomic E-state index is 11.0. The van der Waals surface area contributed by atoms with Crippen molar-refractivity contribution >= 4 is 11.9 Å². The maximum Gasteiger partial charge on any atom is 0.333 e. The fraction of sp³-hybridized carbons (Fsp3) is 0.800. The molecule has 0 spiro atoms.